The molecule has 0 saturated heterocycles. The molecule has 7 heteroatoms. The van der Waals surface area contributed by atoms with Crippen LogP contribution in [-0.2, 0) is 0 Å². The summed E-state index contributed by atoms with van der Waals surface area (Å²) in [4.78, 5) is 30.6. The van der Waals surface area contributed by atoms with Crippen molar-refractivity contribution < 1.29 is 14.7 Å². The number of amides is 1. The Balaban J connectivity index is 1.81. The van der Waals surface area contributed by atoms with Gasteiger partial charge < -0.3 is 16.2 Å². The summed E-state index contributed by atoms with van der Waals surface area (Å²) < 4.78 is 0. The highest BCUT2D eigenvalue weighted by Crippen LogP contribution is 2.20. The Kier molecular flexibility index (Phi) is 4.38. The number of benzene rings is 2. The molecule has 0 unspecified atom stereocenters. The number of nitrogens with two attached hydrogens (primary N) is 1. The summed E-state index contributed by atoms with van der Waals surface area (Å²) in [5.74, 6) is -1.09. The first-order valence-corrected chi connectivity index (χ1v) is 7.36. The Morgan fingerprint density at radius 2 is 1.56 bits per heavy atom. The maximum Gasteiger partial charge on any atom is 0.335 e. The fourth-order valence-corrected chi connectivity index (χ4v) is 2.21. The van der Waals surface area contributed by atoms with E-state index in [0.717, 1.165) is 5.56 Å². The number of hydrogen-bond donors (Lipinski definition) is 3. The SMILES string of the molecule is NC(=O)c1ccc(Nc2nccc(-c3ccc(C(=O)O)cc3)n2)cc1. The van der Waals surface area contributed by atoms with Crippen molar-refractivity contribution in [1.82, 2.24) is 9.97 Å². The summed E-state index contributed by atoms with van der Waals surface area (Å²) in [6.07, 6.45) is 1.60. The monoisotopic (exact) mass is 334 g/mol. The number of nitrogens with zero attached hydrogens (tertiary/aromatic N) is 2. The summed E-state index contributed by atoms with van der Waals surface area (Å²) in [6, 6.07) is 14.8. The van der Waals surface area contributed by atoms with Gasteiger partial charge in [0.25, 0.3) is 0 Å². The lowest BCUT2D eigenvalue weighted by Crippen LogP contribution is -2.10. The minimum absolute atomic E-state index is 0.214. The molecule has 3 aromatic rings. The summed E-state index contributed by atoms with van der Waals surface area (Å²) >= 11 is 0. The molecule has 0 aliphatic rings. The number of carboxylic acids is 1. The molecule has 25 heavy (non-hydrogen) atoms. The zero-order chi connectivity index (χ0) is 17.8. The third-order valence-corrected chi connectivity index (χ3v) is 3.51. The molecule has 4 N–H and O–H groups in total. The fraction of sp³-hybridized carbons (Fsp3) is 0. The summed E-state index contributed by atoms with van der Waals surface area (Å²) in [6.45, 7) is 0. The molecule has 0 bridgehead atoms. The van der Waals surface area contributed by atoms with Crippen LogP contribution in [0, 0.1) is 0 Å². The van der Waals surface area contributed by atoms with Crippen LogP contribution in [0.3, 0.4) is 0 Å². The lowest BCUT2D eigenvalue weighted by atomic mass is 10.1. The molecule has 124 valence electrons. The van der Waals surface area contributed by atoms with Gasteiger partial charge >= 0.3 is 5.97 Å². The number of primary amides is 1. The third kappa shape index (κ3) is 3.78. The summed E-state index contributed by atoms with van der Waals surface area (Å²) in [7, 11) is 0. The largest absolute Gasteiger partial charge is 0.478 e. The van der Waals surface area contributed by atoms with E-state index in [0.29, 0.717) is 22.9 Å². The molecule has 0 fully saturated rings. The van der Waals surface area contributed by atoms with Crippen LogP contribution in [0.25, 0.3) is 11.3 Å². The number of aromatic carboxylic acids is 1. The van der Waals surface area contributed by atoms with E-state index in [1.807, 2.05) is 0 Å². The second kappa shape index (κ2) is 6.79. The van der Waals surface area contributed by atoms with E-state index in [1.54, 1.807) is 48.7 Å². The van der Waals surface area contributed by atoms with E-state index in [-0.39, 0.29) is 5.56 Å². The van der Waals surface area contributed by atoms with Gasteiger partial charge in [-0.25, -0.2) is 14.8 Å². The molecule has 2 aromatic carbocycles. The molecule has 0 saturated carbocycles. The number of rotatable bonds is 5. The van der Waals surface area contributed by atoms with Crippen molar-refractivity contribution in [2.75, 3.05) is 5.32 Å². The molecule has 3 rings (SSSR count). The fourth-order valence-electron chi connectivity index (χ4n) is 2.21. The third-order valence-electron chi connectivity index (χ3n) is 3.51. The number of carboxylic acid groups (broad SMARTS) is 1. The number of hydrogen-bond acceptors (Lipinski definition) is 5. The normalized spacial score (nSPS) is 10.2. The highest BCUT2D eigenvalue weighted by molar-refractivity contribution is 5.93. The van der Waals surface area contributed by atoms with Crippen molar-refractivity contribution in [2.45, 2.75) is 0 Å². The van der Waals surface area contributed by atoms with Crippen LogP contribution in [0.2, 0.25) is 0 Å². The Morgan fingerprint density at radius 3 is 2.16 bits per heavy atom. The van der Waals surface area contributed by atoms with Crippen molar-refractivity contribution in [1.29, 1.82) is 0 Å². The molecule has 0 radical (unpaired) electrons. The molecule has 0 spiro atoms. The van der Waals surface area contributed by atoms with E-state index in [4.69, 9.17) is 10.8 Å². The van der Waals surface area contributed by atoms with Crippen molar-refractivity contribution in [3.63, 3.8) is 0 Å². The minimum Gasteiger partial charge on any atom is -0.478 e. The first-order valence-electron chi connectivity index (χ1n) is 7.36. The zero-order valence-electron chi connectivity index (χ0n) is 13.0. The zero-order valence-corrected chi connectivity index (χ0v) is 13.0. The topological polar surface area (TPSA) is 118 Å². The van der Waals surface area contributed by atoms with E-state index >= 15 is 0 Å². The summed E-state index contributed by atoms with van der Waals surface area (Å²) in [5.41, 5.74) is 7.98. The van der Waals surface area contributed by atoms with Gasteiger partial charge in [0.2, 0.25) is 11.9 Å². The molecular formula is C18H14N4O3. The van der Waals surface area contributed by atoms with E-state index in [2.05, 4.69) is 15.3 Å². The standard InChI is InChI=1S/C18H14N4O3/c19-16(23)12-5-7-14(8-6-12)21-18-20-10-9-15(22-18)11-1-3-13(4-2-11)17(24)25/h1-10H,(H2,19,23)(H,24,25)(H,20,21,22). The predicted octanol–water partition coefficient (Wildman–Crippen LogP) is 2.68. The Hall–Kier alpha value is -3.74. The van der Waals surface area contributed by atoms with Crippen LogP contribution in [0.1, 0.15) is 20.7 Å². The summed E-state index contributed by atoms with van der Waals surface area (Å²) in [5, 5.41) is 12.0. The van der Waals surface area contributed by atoms with Crippen molar-refractivity contribution in [2.24, 2.45) is 5.73 Å². The van der Waals surface area contributed by atoms with Gasteiger partial charge in [-0.3, -0.25) is 4.79 Å². The van der Waals surface area contributed by atoms with Crippen LogP contribution in [0.5, 0.6) is 0 Å². The molecule has 1 heterocycles. The molecule has 1 amide bonds. The van der Waals surface area contributed by atoms with E-state index in [9.17, 15) is 9.59 Å². The van der Waals surface area contributed by atoms with E-state index < -0.39 is 11.9 Å². The number of carbonyl (C=O) groups excluding carboxylic acids is 1. The average Bonchev–Trinajstić information content (AvgIpc) is 2.62. The first kappa shape index (κ1) is 16.1. The van der Waals surface area contributed by atoms with Crippen molar-refractivity contribution in [3.8, 4) is 11.3 Å². The van der Waals surface area contributed by atoms with Gasteiger partial charge in [0.05, 0.1) is 11.3 Å². The quantitative estimate of drug-likeness (QED) is 0.660. The van der Waals surface area contributed by atoms with Crippen molar-refractivity contribution in [3.05, 3.63) is 71.9 Å². The van der Waals surface area contributed by atoms with Crippen LogP contribution < -0.4 is 11.1 Å². The van der Waals surface area contributed by atoms with Gasteiger partial charge in [0.1, 0.15) is 0 Å². The molecule has 1 aromatic heterocycles. The number of carbonyl (C=O) groups is 2. The predicted molar refractivity (Wildman–Crippen MR) is 92.7 cm³/mol. The van der Waals surface area contributed by atoms with Crippen molar-refractivity contribution >= 4 is 23.5 Å². The van der Waals surface area contributed by atoms with Gasteiger partial charge in [-0.1, -0.05) is 12.1 Å². The lowest BCUT2D eigenvalue weighted by Gasteiger charge is -2.07. The molecular weight excluding hydrogens is 320 g/mol. The van der Waals surface area contributed by atoms with Crippen LogP contribution in [0.15, 0.2) is 60.8 Å². The average molecular weight is 334 g/mol. The number of nitrogens with one attached hydrogen (secondary N) is 1. The maximum atomic E-state index is 11.1. The van der Waals surface area contributed by atoms with Gasteiger partial charge in [-0.05, 0) is 42.5 Å². The Bertz CT molecular complexity index is 922. The highest BCUT2D eigenvalue weighted by atomic mass is 16.4. The Labute approximate surface area is 143 Å². The van der Waals surface area contributed by atoms with E-state index in [1.165, 1.54) is 12.1 Å². The second-order valence-corrected chi connectivity index (χ2v) is 5.21. The minimum atomic E-state index is -0.976. The van der Waals surface area contributed by atoms with Gasteiger partial charge in [0, 0.05) is 23.0 Å². The van der Waals surface area contributed by atoms with Crippen LogP contribution >= 0.6 is 0 Å². The molecule has 0 aliphatic heterocycles. The smallest absolute Gasteiger partial charge is 0.335 e. The number of anilines is 2. The van der Waals surface area contributed by atoms with Gasteiger partial charge in [0.15, 0.2) is 0 Å². The molecule has 7 nitrogen and oxygen atoms in total. The lowest BCUT2D eigenvalue weighted by molar-refractivity contribution is 0.0696. The second-order valence-electron chi connectivity index (χ2n) is 5.21. The first-order chi connectivity index (χ1) is 12.0. The van der Waals surface area contributed by atoms with Crippen LogP contribution in [-0.4, -0.2) is 27.0 Å². The number of aromatic nitrogens is 2. The Morgan fingerprint density at radius 1 is 0.920 bits per heavy atom. The maximum absolute atomic E-state index is 11.1. The molecule has 0 atom stereocenters. The van der Waals surface area contributed by atoms with Crippen LogP contribution in [0.4, 0.5) is 11.6 Å². The highest BCUT2D eigenvalue weighted by Gasteiger charge is 2.06. The van der Waals surface area contributed by atoms with Gasteiger partial charge in [-0.15, -0.1) is 0 Å². The van der Waals surface area contributed by atoms with Gasteiger partial charge in [-0.2, -0.15) is 0 Å². The molecule has 0 aliphatic carbocycles.